The van der Waals surface area contributed by atoms with Gasteiger partial charge in [0.25, 0.3) is 0 Å². The molecular formula is C18H24N2S. The second kappa shape index (κ2) is 6.29. The van der Waals surface area contributed by atoms with Crippen LogP contribution < -0.4 is 5.32 Å². The second-order valence-corrected chi connectivity index (χ2v) is 7.27. The molecule has 1 heterocycles. The average molecular weight is 300 g/mol. The SMILES string of the molecule is CCc1ccc(-c2nc(C(C)C)c(CNC3CC3)s2)cc1. The zero-order valence-corrected chi connectivity index (χ0v) is 14.0. The van der Waals surface area contributed by atoms with Crippen molar-refractivity contribution >= 4 is 11.3 Å². The predicted molar refractivity (Wildman–Crippen MR) is 90.9 cm³/mol. The third-order valence-corrected chi connectivity index (χ3v) is 5.13. The van der Waals surface area contributed by atoms with E-state index in [1.54, 1.807) is 0 Å². The molecule has 3 rings (SSSR count). The molecule has 1 aromatic heterocycles. The van der Waals surface area contributed by atoms with Crippen molar-refractivity contribution in [3.05, 3.63) is 40.4 Å². The van der Waals surface area contributed by atoms with Crippen molar-refractivity contribution in [3.8, 4) is 10.6 Å². The van der Waals surface area contributed by atoms with Crippen molar-refractivity contribution < 1.29 is 0 Å². The Morgan fingerprint density at radius 1 is 1.24 bits per heavy atom. The molecule has 0 unspecified atom stereocenters. The lowest BCUT2D eigenvalue weighted by Gasteiger charge is -2.05. The van der Waals surface area contributed by atoms with Crippen molar-refractivity contribution in [3.63, 3.8) is 0 Å². The summed E-state index contributed by atoms with van der Waals surface area (Å²) in [6, 6.07) is 9.60. The summed E-state index contributed by atoms with van der Waals surface area (Å²) in [5.74, 6) is 0.487. The Morgan fingerprint density at radius 2 is 1.95 bits per heavy atom. The first-order valence-electron chi connectivity index (χ1n) is 7.99. The molecule has 2 nitrogen and oxygen atoms in total. The van der Waals surface area contributed by atoms with Crippen LogP contribution in [-0.2, 0) is 13.0 Å². The molecule has 0 aliphatic heterocycles. The minimum absolute atomic E-state index is 0.487. The third-order valence-electron chi connectivity index (χ3n) is 4.01. The van der Waals surface area contributed by atoms with E-state index in [9.17, 15) is 0 Å². The molecule has 0 radical (unpaired) electrons. The first kappa shape index (κ1) is 14.7. The van der Waals surface area contributed by atoms with Crippen LogP contribution in [0.3, 0.4) is 0 Å². The van der Waals surface area contributed by atoms with Gasteiger partial charge in [0.15, 0.2) is 0 Å². The fraction of sp³-hybridized carbons (Fsp3) is 0.500. The summed E-state index contributed by atoms with van der Waals surface area (Å²) in [7, 11) is 0. The molecule has 1 aliphatic rings. The number of hydrogen-bond donors (Lipinski definition) is 1. The van der Waals surface area contributed by atoms with E-state index in [1.165, 1.54) is 34.5 Å². The van der Waals surface area contributed by atoms with Gasteiger partial charge in [-0.15, -0.1) is 11.3 Å². The normalized spacial score (nSPS) is 14.9. The van der Waals surface area contributed by atoms with E-state index in [0.717, 1.165) is 24.0 Å². The van der Waals surface area contributed by atoms with Crippen LogP contribution in [0.15, 0.2) is 24.3 Å². The fourth-order valence-electron chi connectivity index (χ4n) is 2.47. The molecule has 1 aliphatic carbocycles. The maximum Gasteiger partial charge on any atom is 0.123 e. The van der Waals surface area contributed by atoms with Crippen LogP contribution in [0.2, 0.25) is 0 Å². The van der Waals surface area contributed by atoms with Gasteiger partial charge in [-0.3, -0.25) is 0 Å². The number of nitrogens with zero attached hydrogens (tertiary/aromatic N) is 1. The summed E-state index contributed by atoms with van der Waals surface area (Å²) in [6.45, 7) is 7.64. The molecule has 112 valence electrons. The van der Waals surface area contributed by atoms with Crippen molar-refractivity contribution in [2.45, 2.75) is 58.5 Å². The summed E-state index contributed by atoms with van der Waals surface area (Å²) < 4.78 is 0. The van der Waals surface area contributed by atoms with Crippen LogP contribution in [-0.4, -0.2) is 11.0 Å². The Morgan fingerprint density at radius 3 is 2.52 bits per heavy atom. The maximum atomic E-state index is 4.91. The van der Waals surface area contributed by atoms with E-state index >= 15 is 0 Å². The summed E-state index contributed by atoms with van der Waals surface area (Å²) in [5, 5.41) is 4.78. The van der Waals surface area contributed by atoms with Crippen LogP contribution in [0.4, 0.5) is 0 Å². The van der Waals surface area contributed by atoms with Gasteiger partial charge < -0.3 is 5.32 Å². The molecule has 3 heteroatoms. The van der Waals surface area contributed by atoms with E-state index in [-0.39, 0.29) is 0 Å². The quantitative estimate of drug-likeness (QED) is 0.833. The van der Waals surface area contributed by atoms with Crippen molar-refractivity contribution in [2.24, 2.45) is 0 Å². The zero-order chi connectivity index (χ0) is 14.8. The van der Waals surface area contributed by atoms with Crippen LogP contribution in [0.25, 0.3) is 10.6 Å². The summed E-state index contributed by atoms with van der Waals surface area (Å²) in [6.07, 6.45) is 3.76. The highest BCUT2D eigenvalue weighted by atomic mass is 32.1. The highest BCUT2D eigenvalue weighted by molar-refractivity contribution is 7.15. The molecule has 0 amide bonds. The van der Waals surface area contributed by atoms with Gasteiger partial charge in [-0.2, -0.15) is 0 Å². The standard InChI is InChI=1S/C18H24N2S/c1-4-13-5-7-14(8-6-13)18-20-17(12(2)3)16(21-18)11-19-15-9-10-15/h5-8,12,15,19H,4,9-11H2,1-3H3. The Labute approximate surface area is 131 Å². The van der Waals surface area contributed by atoms with Crippen LogP contribution in [0.5, 0.6) is 0 Å². The smallest absolute Gasteiger partial charge is 0.123 e. The third kappa shape index (κ3) is 3.53. The average Bonchev–Trinajstić information content (AvgIpc) is 3.23. The van der Waals surface area contributed by atoms with Gasteiger partial charge in [-0.25, -0.2) is 4.98 Å². The van der Waals surface area contributed by atoms with Gasteiger partial charge in [0, 0.05) is 23.0 Å². The Balaban J connectivity index is 1.84. The first-order chi connectivity index (χ1) is 10.2. The Bertz CT molecular complexity index is 594. The second-order valence-electron chi connectivity index (χ2n) is 6.19. The van der Waals surface area contributed by atoms with Gasteiger partial charge in [0.1, 0.15) is 5.01 Å². The number of thiazole rings is 1. The zero-order valence-electron chi connectivity index (χ0n) is 13.1. The van der Waals surface area contributed by atoms with Crippen LogP contribution >= 0.6 is 11.3 Å². The topological polar surface area (TPSA) is 24.9 Å². The van der Waals surface area contributed by atoms with Gasteiger partial charge in [-0.1, -0.05) is 45.0 Å². The molecular weight excluding hydrogens is 276 g/mol. The summed E-state index contributed by atoms with van der Waals surface area (Å²) in [4.78, 5) is 6.32. The molecule has 1 saturated carbocycles. The number of nitrogens with one attached hydrogen (secondary N) is 1. The van der Waals surface area contributed by atoms with E-state index in [0.29, 0.717) is 5.92 Å². The van der Waals surface area contributed by atoms with E-state index in [1.807, 2.05) is 11.3 Å². The Hall–Kier alpha value is -1.19. The van der Waals surface area contributed by atoms with Crippen molar-refractivity contribution in [1.82, 2.24) is 10.3 Å². The highest BCUT2D eigenvalue weighted by Gasteiger charge is 2.22. The minimum Gasteiger partial charge on any atom is -0.309 e. The fourth-order valence-corrected chi connectivity index (χ4v) is 3.65. The maximum absolute atomic E-state index is 4.91. The highest BCUT2D eigenvalue weighted by Crippen LogP contribution is 2.32. The number of rotatable bonds is 6. The van der Waals surface area contributed by atoms with Crippen LogP contribution in [0, 0.1) is 0 Å². The van der Waals surface area contributed by atoms with E-state index < -0.39 is 0 Å². The number of aryl methyl sites for hydroxylation is 1. The molecule has 1 N–H and O–H groups in total. The lowest BCUT2D eigenvalue weighted by Crippen LogP contribution is -2.15. The molecule has 0 saturated heterocycles. The Kier molecular flexibility index (Phi) is 4.41. The number of hydrogen-bond acceptors (Lipinski definition) is 3. The first-order valence-corrected chi connectivity index (χ1v) is 8.81. The molecule has 0 bridgehead atoms. The summed E-state index contributed by atoms with van der Waals surface area (Å²) >= 11 is 1.85. The largest absolute Gasteiger partial charge is 0.309 e. The summed E-state index contributed by atoms with van der Waals surface area (Å²) in [5.41, 5.74) is 3.90. The molecule has 0 spiro atoms. The van der Waals surface area contributed by atoms with E-state index in [4.69, 9.17) is 4.98 Å². The predicted octanol–water partition coefficient (Wildman–Crippen LogP) is 4.75. The van der Waals surface area contributed by atoms with Crippen molar-refractivity contribution in [2.75, 3.05) is 0 Å². The lowest BCUT2D eigenvalue weighted by atomic mass is 10.1. The van der Waals surface area contributed by atoms with E-state index in [2.05, 4.69) is 50.4 Å². The van der Waals surface area contributed by atoms with Gasteiger partial charge in [-0.05, 0) is 30.7 Å². The molecule has 21 heavy (non-hydrogen) atoms. The lowest BCUT2D eigenvalue weighted by molar-refractivity contribution is 0.681. The minimum atomic E-state index is 0.487. The van der Waals surface area contributed by atoms with Crippen molar-refractivity contribution in [1.29, 1.82) is 0 Å². The molecule has 1 aromatic carbocycles. The molecule has 1 fully saturated rings. The molecule has 2 aromatic rings. The van der Waals surface area contributed by atoms with Gasteiger partial charge in [0.05, 0.1) is 5.69 Å². The number of aromatic nitrogens is 1. The van der Waals surface area contributed by atoms with Gasteiger partial charge >= 0.3 is 0 Å². The molecule has 0 atom stereocenters. The number of benzene rings is 1. The monoisotopic (exact) mass is 300 g/mol. The van der Waals surface area contributed by atoms with Crippen LogP contribution in [0.1, 0.15) is 55.7 Å². The van der Waals surface area contributed by atoms with Gasteiger partial charge in [0.2, 0.25) is 0 Å².